The number of piperidine rings is 1. The molecule has 1 aliphatic heterocycles. The lowest BCUT2D eigenvalue weighted by atomic mass is 10.0. The Kier molecular flexibility index (Phi) is 3.43. The van der Waals surface area contributed by atoms with Crippen molar-refractivity contribution in [2.24, 2.45) is 0 Å². The summed E-state index contributed by atoms with van der Waals surface area (Å²) in [5.41, 5.74) is 3.26. The van der Waals surface area contributed by atoms with E-state index in [-0.39, 0.29) is 5.82 Å². The first-order valence-corrected chi connectivity index (χ1v) is 5.79. The summed E-state index contributed by atoms with van der Waals surface area (Å²) in [6.45, 7) is 3.71. The van der Waals surface area contributed by atoms with E-state index in [4.69, 9.17) is 5.26 Å². The van der Waals surface area contributed by atoms with E-state index >= 15 is 0 Å². The highest BCUT2D eigenvalue weighted by atomic mass is 19.1. The Bertz CT molecular complexity index is 475. The van der Waals surface area contributed by atoms with Crippen molar-refractivity contribution in [1.82, 2.24) is 0 Å². The third-order valence-corrected chi connectivity index (χ3v) is 3.19. The molecule has 0 aromatic heterocycles. The highest BCUT2D eigenvalue weighted by Crippen LogP contribution is 2.26. The SMILES string of the molecule is Cc1ccc(F)cc1N1CCC(=CC#N)CC1. The number of allylic oxidation sites excluding steroid dienone is 1. The van der Waals surface area contributed by atoms with Gasteiger partial charge in [-0.2, -0.15) is 5.26 Å². The van der Waals surface area contributed by atoms with Gasteiger partial charge in [0.25, 0.3) is 0 Å². The second-order valence-electron chi connectivity index (χ2n) is 4.35. The standard InChI is InChI=1S/C14H15FN2/c1-11-2-3-13(15)10-14(11)17-8-5-12(4-7-16)6-9-17/h2-4,10H,5-6,8-9H2,1H3. The minimum absolute atomic E-state index is 0.191. The molecule has 1 aromatic carbocycles. The summed E-state index contributed by atoms with van der Waals surface area (Å²) >= 11 is 0. The van der Waals surface area contributed by atoms with E-state index in [2.05, 4.69) is 11.0 Å². The Labute approximate surface area is 101 Å². The van der Waals surface area contributed by atoms with Crippen LogP contribution in [0.1, 0.15) is 18.4 Å². The highest BCUT2D eigenvalue weighted by molar-refractivity contribution is 5.54. The largest absolute Gasteiger partial charge is 0.371 e. The Hall–Kier alpha value is -1.82. The number of nitriles is 1. The molecule has 1 saturated heterocycles. The number of hydrogen-bond acceptors (Lipinski definition) is 2. The summed E-state index contributed by atoms with van der Waals surface area (Å²) in [5, 5.41) is 8.59. The summed E-state index contributed by atoms with van der Waals surface area (Å²) in [5.74, 6) is -0.191. The Morgan fingerprint density at radius 2 is 2.06 bits per heavy atom. The average molecular weight is 230 g/mol. The van der Waals surface area contributed by atoms with Crippen LogP contribution in [0.15, 0.2) is 29.8 Å². The minimum atomic E-state index is -0.191. The van der Waals surface area contributed by atoms with E-state index in [1.165, 1.54) is 11.6 Å². The first-order valence-electron chi connectivity index (χ1n) is 5.79. The number of aryl methyl sites for hydroxylation is 1. The van der Waals surface area contributed by atoms with Crippen LogP contribution < -0.4 is 4.90 Å². The van der Waals surface area contributed by atoms with Crippen LogP contribution in [0.4, 0.5) is 10.1 Å². The maximum Gasteiger partial charge on any atom is 0.125 e. The Morgan fingerprint density at radius 3 is 2.71 bits per heavy atom. The van der Waals surface area contributed by atoms with Crippen molar-refractivity contribution in [2.75, 3.05) is 18.0 Å². The lowest BCUT2D eigenvalue weighted by Gasteiger charge is -2.31. The molecule has 88 valence electrons. The zero-order valence-electron chi connectivity index (χ0n) is 9.91. The highest BCUT2D eigenvalue weighted by Gasteiger charge is 2.16. The third-order valence-electron chi connectivity index (χ3n) is 3.19. The van der Waals surface area contributed by atoms with Gasteiger partial charge in [-0.25, -0.2) is 4.39 Å². The van der Waals surface area contributed by atoms with Gasteiger partial charge in [0.1, 0.15) is 5.82 Å². The predicted octanol–water partition coefficient (Wildman–Crippen LogP) is 3.18. The lowest BCUT2D eigenvalue weighted by molar-refractivity contribution is 0.622. The van der Waals surface area contributed by atoms with Crippen LogP contribution in [0.5, 0.6) is 0 Å². The van der Waals surface area contributed by atoms with Gasteiger partial charge in [0.05, 0.1) is 6.07 Å². The van der Waals surface area contributed by atoms with E-state index in [1.807, 2.05) is 13.0 Å². The number of benzene rings is 1. The van der Waals surface area contributed by atoms with E-state index < -0.39 is 0 Å². The minimum Gasteiger partial charge on any atom is -0.371 e. The van der Waals surface area contributed by atoms with Crippen LogP contribution in [0, 0.1) is 24.1 Å². The van der Waals surface area contributed by atoms with Crippen LogP contribution in [0.2, 0.25) is 0 Å². The molecule has 0 bridgehead atoms. The quantitative estimate of drug-likeness (QED) is 0.693. The summed E-state index contributed by atoms with van der Waals surface area (Å²) in [4.78, 5) is 2.19. The second-order valence-corrected chi connectivity index (χ2v) is 4.35. The van der Waals surface area contributed by atoms with Gasteiger partial charge in [-0.05, 0) is 37.5 Å². The maximum absolute atomic E-state index is 13.2. The van der Waals surface area contributed by atoms with Crippen LogP contribution in [-0.4, -0.2) is 13.1 Å². The number of hydrogen-bond donors (Lipinski definition) is 0. The van der Waals surface area contributed by atoms with Crippen LogP contribution in [0.25, 0.3) is 0 Å². The molecule has 1 aliphatic rings. The van der Waals surface area contributed by atoms with Crippen molar-refractivity contribution in [3.63, 3.8) is 0 Å². The molecule has 2 rings (SSSR count). The fraction of sp³-hybridized carbons (Fsp3) is 0.357. The molecular formula is C14H15FN2. The first kappa shape index (κ1) is 11.7. The second kappa shape index (κ2) is 5.01. The Morgan fingerprint density at radius 1 is 1.35 bits per heavy atom. The molecule has 0 saturated carbocycles. The molecule has 1 aromatic rings. The van der Waals surface area contributed by atoms with E-state index in [9.17, 15) is 4.39 Å². The van der Waals surface area contributed by atoms with Gasteiger partial charge in [0.2, 0.25) is 0 Å². The topological polar surface area (TPSA) is 27.0 Å². The third kappa shape index (κ3) is 2.65. The molecule has 17 heavy (non-hydrogen) atoms. The van der Waals surface area contributed by atoms with Gasteiger partial charge < -0.3 is 4.90 Å². The van der Waals surface area contributed by atoms with Gasteiger partial charge in [-0.3, -0.25) is 0 Å². The van der Waals surface area contributed by atoms with Crippen molar-refractivity contribution in [1.29, 1.82) is 5.26 Å². The molecule has 0 amide bonds. The molecule has 2 nitrogen and oxygen atoms in total. The fourth-order valence-electron chi connectivity index (χ4n) is 2.19. The molecule has 1 fully saturated rings. The van der Waals surface area contributed by atoms with Crippen molar-refractivity contribution < 1.29 is 4.39 Å². The summed E-state index contributed by atoms with van der Waals surface area (Å²) in [7, 11) is 0. The summed E-state index contributed by atoms with van der Waals surface area (Å²) in [6.07, 6.45) is 3.42. The number of rotatable bonds is 1. The van der Waals surface area contributed by atoms with E-state index in [0.29, 0.717) is 0 Å². The smallest absolute Gasteiger partial charge is 0.125 e. The normalized spacial score (nSPS) is 15.6. The van der Waals surface area contributed by atoms with Crippen LogP contribution >= 0.6 is 0 Å². The van der Waals surface area contributed by atoms with Crippen LogP contribution in [0.3, 0.4) is 0 Å². The van der Waals surface area contributed by atoms with Crippen molar-refractivity contribution in [2.45, 2.75) is 19.8 Å². The zero-order valence-corrected chi connectivity index (χ0v) is 9.91. The van der Waals surface area contributed by atoms with E-state index in [0.717, 1.165) is 37.2 Å². The van der Waals surface area contributed by atoms with Crippen molar-refractivity contribution in [3.8, 4) is 6.07 Å². The maximum atomic E-state index is 13.2. The van der Waals surface area contributed by atoms with E-state index in [1.54, 1.807) is 12.1 Å². The van der Waals surface area contributed by atoms with Crippen LogP contribution in [-0.2, 0) is 0 Å². The number of nitrogens with zero attached hydrogens (tertiary/aromatic N) is 2. The molecular weight excluding hydrogens is 215 g/mol. The van der Waals surface area contributed by atoms with Crippen molar-refractivity contribution >= 4 is 5.69 Å². The van der Waals surface area contributed by atoms with Crippen molar-refractivity contribution in [3.05, 3.63) is 41.2 Å². The molecule has 0 N–H and O–H groups in total. The van der Waals surface area contributed by atoms with Gasteiger partial charge in [0.15, 0.2) is 0 Å². The predicted molar refractivity (Wildman–Crippen MR) is 66.3 cm³/mol. The number of anilines is 1. The van der Waals surface area contributed by atoms with Gasteiger partial charge >= 0.3 is 0 Å². The lowest BCUT2D eigenvalue weighted by Crippen LogP contribution is -2.31. The fourth-order valence-corrected chi connectivity index (χ4v) is 2.19. The molecule has 0 unspecified atom stereocenters. The summed E-state index contributed by atoms with van der Waals surface area (Å²) < 4.78 is 13.2. The van der Waals surface area contributed by atoms with Gasteiger partial charge in [-0.15, -0.1) is 0 Å². The molecule has 0 atom stereocenters. The van der Waals surface area contributed by atoms with Gasteiger partial charge in [0, 0.05) is 24.9 Å². The Balaban J connectivity index is 2.13. The molecule has 0 aliphatic carbocycles. The molecule has 1 heterocycles. The van der Waals surface area contributed by atoms with Gasteiger partial charge in [-0.1, -0.05) is 11.6 Å². The first-order chi connectivity index (χ1) is 8.20. The average Bonchev–Trinajstić information content (AvgIpc) is 2.34. The number of halogens is 1. The molecule has 0 radical (unpaired) electrons. The zero-order chi connectivity index (χ0) is 12.3. The molecule has 0 spiro atoms. The molecule has 3 heteroatoms. The summed E-state index contributed by atoms with van der Waals surface area (Å²) in [6, 6.07) is 6.96. The monoisotopic (exact) mass is 230 g/mol.